The maximum atomic E-state index is 11.6. The van der Waals surface area contributed by atoms with Crippen LogP contribution in [0.4, 0.5) is 5.69 Å². The van der Waals surface area contributed by atoms with Crippen LogP contribution in [0.3, 0.4) is 0 Å². The second kappa shape index (κ2) is 6.39. The average molecular weight is 285 g/mol. The van der Waals surface area contributed by atoms with E-state index in [1.54, 1.807) is 6.92 Å². The third-order valence-corrected chi connectivity index (χ3v) is 4.14. The third kappa shape index (κ3) is 3.27. The van der Waals surface area contributed by atoms with Crippen molar-refractivity contribution in [1.82, 2.24) is 0 Å². The summed E-state index contributed by atoms with van der Waals surface area (Å²) in [4.78, 5) is 24.1. The molecule has 0 aromatic heterocycles. The summed E-state index contributed by atoms with van der Waals surface area (Å²) in [6.07, 6.45) is 0.655. The molecule has 0 saturated carbocycles. The zero-order chi connectivity index (χ0) is 14.5. The Morgan fingerprint density at radius 2 is 1.90 bits per heavy atom. The van der Waals surface area contributed by atoms with Crippen molar-refractivity contribution in [3.8, 4) is 0 Å². The lowest BCUT2D eigenvalue weighted by molar-refractivity contribution is -0.105. The van der Waals surface area contributed by atoms with Crippen molar-refractivity contribution in [3.63, 3.8) is 0 Å². The fraction of sp³-hybridized carbons (Fsp3) is 0.125. The van der Waals surface area contributed by atoms with Gasteiger partial charge in [0.15, 0.2) is 5.78 Å². The molecular weight excluding hydrogens is 270 g/mol. The first-order valence-electron chi connectivity index (χ1n) is 6.20. The molecule has 2 rings (SSSR count). The van der Waals surface area contributed by atoms with E-state index in [1.165, 1.54) is 11.8 Å². The number of anilines is 1. The summed E-state index contributed by atoms with van der Waals surface area (Å²) in [6, 6.07) is 13.2. The monoisotopic (exact) mass is 285 g/mol. The van der Waals surface area contributed by atoms with Crippen molar-refractivity contribution in [2.45, 2.75) is 23.6 Å². The highest BCUT2D eigenvalue weighted by Crippen LogP contribution is 2.34. The van der Waals surface area contributed by atoms with Gasteiger partial charge < -0.3 is 5.32 Å². The Labute approximate surface area is 122 Å². The van der Waals surface area contributed by atoms with Gasteiger partial charge in [-0.2, -0.15) is 0 Å². The van der Waals surface area contributed by atoms with E-state index < -0.39 is 0 Å². The van der Waals surface area contributed by atoms with Gasteiger partial charge in [0.2, 0.25) is 6.41 Å². The molecule has 2 aromatic rings. The molecule has 0 saturated heterocycles. The first-order chi connectivity index (χ1) is 9.61. The molecule has 2 aromatic carbocycles. The van der Waals surface area contributed by atoms with Gasteiger partial charge in [-0.3, -0.25) is 9.59 Å². The van der Waals surface area contributed by atoms with Gasteiger partial charge in [-0.15, -0.1) is 0 Å². The van der Waals surface area contributed by atoms with E-state index in [2.05, 4.69) is 5.32 Å². The number of hydrogen-bond donors (Lipinski definition) is 1. The molecule has 0 aliphatic heterocycles. The lowest BCUT2D eigenvalue weighted by Crippen LogP contribution is -1.96. The Morgan fingerprint density at radius 3 is 2.60 bits per heavy atom. The Bertz CT molecular complexity index is 653. The summed E-state index contributed by atoms with van der Waals surface area (Å²) in [5.41, 5.74) is 2.56. The number of benzene rings is 2. The van der Waals surface area contributed by atoms with Crippen molar-refractivity contribution in [3.05, 3.63) is 53.6 Å². The molecule has 0 atom stereocenters. The van der Waals surface area contributed by atoms with Crippen LogP contribution in [0.1, 0.15) is 22.8 Å². The van der Waals surface area contributed by atoms with Crippen molar-refractivity contribution >= 4 is 29.6 Å². The van der Waals surface area contributed by atoms with Gasteiger partial charge in [-0.25, -0.2) is 0 Å². The summed E-state index contributed by atoms with van der Waals surface area (Å²) in [5, 5.41) is 2.64. The highest BCUT2D eigenvalue weighted by Gasteiger charge is 2.09. The van der Waals surface area contributed by atoms with Crippen LogP contribution in [-0.2, 0) is 4.79 Å². The van der Waals surface area contributed by atoms with Crippen molar-refractivity contribution < 1.29 is 9.59 Å². The number of Topliss-reactive ketones (excluding diaryl/α,β-unsaturated/α-hetero) is 1. The number of rotatable bonds is 5. The standard InChI is InChI=1S/C16H15NO2S/c1-11-7-8-13(17-10-18)9-16(11)20-15-6-4-3-5-14(15)12(2)19/h3-10H,1-2H3,(H,17,18). The Balaban J connectivity index is 2.37. The molecule has 3 nitrogen and oxygen atoms in total. The number of carbonyl (C=O) groups excluding carboxylic acids is 2. The fourth-order valence-electron chi connectivity index (χ4n) is 1.83. The highest BCUT2D eigenvalue weighted by molar-refractivity contribution is 7.99. The third-order valence-electron chi connectivity index (χ3n) is 2.90. The van der Waals surface area contributed by atoms with Gasteiger partial charge in [0, 0.05) is 21.0 Å². The fourth-order valence-corrected chi connectivity index (χ4v) is 2.95. The van der Waals surface area contributed by atoms with Crippen molar-refractivity contribution in [2.75, 3.05) is 5.32 Å². The van der Waals surface area contributed by atoms with E-state index in [1.807, 2.05) is 49.4 Å². The molecule has 0 fully saturated rings. The number of nitrogens with one attached hydrogen (secondary N) is 1. The summed E-state index contributed by atoms with van der Waals surface area (Å²) < 4.78 is 0. The molecule has 0 aliphatic carbocycles. The molecule has 1 amide bonds. The number of hydrogen-bond acceptors (Lipinski definition) is 3. The van der Waals surface area contributed by atoms with Crippen LogP contribution in [0.5, 0.6) is 0 Å². The Kier molecular flexibility index (Phi) is 4.58. The molecule has 0 unspecified atom stereocenters. The second-order valence-corrected chi connectivity index (χ2v) is 5.48. The van der Waals surface area contributed by atoms with Gasteiger partial charge in [0.1, 0.15) is 0 Å². The molecule has 20 heavy (non-hydrogen) atoms. The predicted octanol–water partition coefficient (Wildman–Crippen LogP) is 3.92. The van der Waals surface area contributed by atoms with Crippen LogP contribution < -0.4 is 5.32 Å². The van der Waals surface area contributed by atoms with E-state index in [4.69, 9.17) is 0 Å². The van der Waals surface area contributed by atoms with Crippen LogP contribution in [-0.4, -0.2) is 12.2 Å². The lowest BCUT2D eigenvalue weighted by Gasteiger charge is -2.10. The van der Waals surface area contributed by atoms with Crippen LogP contribution in [0.15, 0.2) is 52.3 Å². The summed E-state index contributed by atoms with van der Waals surface area (Å²) in [5.74, 6) is 0.0490. The van der Waals surface area contributed by atoms with Gasteiger partial charge >= 0.3 is 0 Å². The van der Waals surface area contributed by atoms with Gasteiger partial charge in [-0.1, -0.05) is 36.0 Å². The van der Waals surface area contributed by atoms with E-state index in [0.29, 0.717) is 12.0 Å². The molecule has 0 bridgehead atoms. The second-order valence-electron chi connectivity index (χ2n) is 4.40. The van der Waals surface area contributed by atoms with Crippen LogP contribution >= 0.6 is 11.8 Å². The Hall–Kier alpha value is -2.07. The van der Waals surface area contributed by atoms with Gasteiger partial charge in [-0.05, 0) is 37.6 Å². The largest absolute Gasteiger partial charge is 0.329 e. The lowest BCUT2D eigenvalue weighted by atomic mass is 10.1. The normalized spacial score (nSPS) is 10.1. The molecule has 1 N–H and O–H groups in total. The predicted molar refractivity (Wildman–Crippen MR) is 81.4 cm³/mol. The zero-order valence-electron chi connectivity index (χ0n) is 11.3. The molecule has 0 heterocycles. The molecular formula is C16H15NO2S. The van der Waals surface area contributed by atoms with Crippen molar-refractivity contribution in [1.29, 1.82) is 0 Å². The van der Waals surface area contributed by atoms with Crippen LogP contribution in [0.2, 0.25) is 0 Å². The molecule has 102 valence electrons. The van der Waals surface area contributed by atoms with E-state index in [9.17, 15) is 9.59 Å². The van der Waals surface area contributed by atoms with Gasteiger partial charge in [0.05, 0.1) is 0 Å². The maximum Gasteiger partial charge on any atom is 0.211 e. The SMILES string of the molecule is CC(=O)c1ccccc1Sc1cc(NC=O)ccc1C. The summed E-state index contributed by atoms with van der Waals surface area (Å²) in [7, 11) is 0. The Morgan fingerprint density at radius 1 is 1.15 bits per heavy atom. The average Bonchev–Trinajstić information content (AvgIpc) is 2.43. The minimum atomic E-state index is 0.0490. The minimum absolute atomic E-state index is 0.0490. The molecule has 0 radical (unpaired) electrons. The van der Waals surface area contributed by atoms with E-state index in [0.717, 1.165) is 21.0 Å². The van der Waals surface area contributed by atoms with E-state index in [-0.39, 0.29) is 5.78 Å². The van der Waals surface area contributed by atoms with E-state index >= 15 is 0 Å². The van der Waals surface area contributed by atoms with Crippen LogP contribution in [0, 0.1) is 6.92 Å². The summed E-state index contributed by atoms with van der Waals surface area (Å²) in [6.45, 7) is 3.57. The highest BCUT2D eigenvalue weighted by atomic mass is 32.2. The quantitative estimate of drug-likeness (QED) is 0.669. The van der Waals surface area contributed by atoms with Crippen molar-refractivity contribution in [2.24, 2.45) is 0 Å². The maximum absolute atomic E-state index is 11.6. The molecule has 0 aliphatic rings. The summed E-state index contributed by atoms with van der Waals surface area (Å²) >= 11 is 1.53. The molecule has 0 spiro atoms. The minimum Gasteiger partial charge on any atom is -0.329 e. The first-order valence-corrected chi connectivity index (χ1v) is 7.02. The molecule has 4 heteroatoms. The number of ketones is 1. The number of amides is 1. The van der Waals surface area contributed by atoms with Gasteiger partial charge in [0.25, 0.3) is 0 Å². The van der Waals surface area contributed by atoms with Crippen LogP contribution in [0.25, 0.3) is 0 Å². The number of aryl methyl sites for hydroxylation is 1. The topological polar surface area (TPSA) is 46.2 Å². The smallest absolute Gasteiger partial charge is 0.211 e. The zero-order valence-corrected chi connectivity index (χ0v) is 12.2. The first kappa shape index (κ1) is 14.3. The number of carbonyl (C=O) groups is 2.